The van der Waals surface area contributed by atoms with Crippen molar-refractivity contribution >= 4 is 21.0 Å². The maximum absolute atomic E-state index is 5.40. The van der Waals surface area contributed by atoms with Crippen molar-refractivity contribution in [2.75, 3.05) is 21.3 Å². The van der Waals surface area contributed by atoms with E-state index in [4.69, 9.17) is 13.3 Å². The number of hydrogen-bond donors (Lipinski definition) is 0. The number of hydrogen-bond acceptors (Lipinski definition) is 3. The molecular formula is C12H16O3Si. The Morgan fingerprint density at radius 3 is 2.00 bits per heavy atom. The summed E-state index contributed by atoms with van der Waals surface area (Å²) in [6.45, 7) is 0. The van der Waals surface area contributed by atoms with E-state index in [2.05, 4.69) is 30.4 Å². The monoisotopic (exact) mass is 236 g/mol. The summed E-state index contributed by atoms with van der Waals surface area (Å²) in [5.74, 6) is 0. The Labute approximate surface area is 97.0 Å². The molecule has 0 bridgehead atoms. The van der Waals surface area contributed by atoms with Crippen LogP contribution in [-0.4, -0.2) is 30.1 Å². The van der Waals surface area contributed by atoms with E-state index in [0.717, 1.165) is 0 Å². The van der Waals surface area contributed by atoms with Gasteiger partial charge in [-0.05, 0) is 16.7 Å². The van der Waals surface area contributed by atoms with Crippen molar-refractivity contribution in [2.24, 2.45) is 0 Å². The van der Waals surface area contributed by atoms with Gasteiger partial charge in [0.05, 0.1) is 0 Å². The second-order valence-corrected chi connectivity index (χ2v) is 6.71. The molecule has 0 spiro atoms. The number of benzene rings is 1. The first kappa shape index (κ1) is 11.5. The maximum atomic E-state index is 5.40. The van der Waals surface area contributed by atoms with Crippen LogP contribution in [0.1, 0.15) is 16.7 Å². The molecule has 0 N–H and O–H groups in total. The zero-order chi connectivity index (χ0) is 11.6. The summed E-state index contributed by atoms with van der Waals surface area (Å²) in [7, 11) is 2.42. The number of rotatable bonds is 5. The fraction of sp³-hybridized carbons (Fsp3) is 0.333. The molecule has 0 aliphatic heterocycles. The van der Waals surface area contributed by atoms with Crippen LogP contribution in [0.25, 0.3) is 12.2 Å². The van der Waals surface area contributed by atoms with Gasteiger partial charge in [-0.1, -0.05) is 30.4 Å². The van der Waals surface area contributed by atoms with Gasteiger partial charge in [0.2, 0.25) is 0 Å². The maximum Gasteiger partial charge on any atom is 0.504 e. The molecule has 0 unspecified atom stereocenters. The average molecular weight is 236 g/mol. The SMILES string of the molecule is CO[Si](Cc1ccc2c(c1)C=C2)(OC)OC. The Balaban J connectivity index is 2.16. The first-order valence-corrected chi connectivity index (χ1v) is 7.12. The van der Waals surface area contributed by atoms with Gasteiger partial charge in [0.15, 0.2) is 0 Å². The second-order valence-electron chi connectivity index (χ2n) is 3.77. The molecule has 0 aromatic heterocycles. The molecule has 0 atom stereocenters. The van der Waals surface area contributed by atoms with Gasteiger partial charge in [0, 0.05) is 27.4 Å². The largest absolute Gasteiger partial charge is 0.504 e. The van der Waals surface area contributed by atoms with E-state index in [0.29, 0.717) is 6.04 Å². The molecule has 0 heterocycles. The minimum absolute atomic E-state index is 0.706. The van der Waals surface area contributed by atoms with Crippen molar-refractivity contribution in [3.05, 3.63) is 34.9 Å². The summed E-state index contributed by atoms with van der Waals surface area (Å²) in [4.78, 5) is 0. The standard InChI is InChI=1S/C12H16O3Si/c1-13-16(14-2,15-3)9-10-4-5-11-6-7-12(11)8-10/h4-8H,9H2,1-3H3. The molecule has 16 heavy (non-hydrogen) atoms. The van der Waals surface area contributed by atoms with Crippen LogP contribution in [0.4, 0.5) is 0 Å². The molecule has 0 amide bonds. The third-order valence-corrected chi connectivity index (χ3v) is 5.65. The molecule has 0 saturated carbocycles. The average Bonchev–Trinajstić information content (AvgIpc) is 2.30. The predicted molar refractivity (Wildman–Crippen MR) is 65.9 cm³/mol. The molecule has 3 nitrogen and oxygen atoms in total. The van der Waals surface area contributed by atoms with Crippen molar-refractivity contribution in [1.82, 2.24) is 0 Å². The van der Waals surface area contributed by atoms with E-state index >= 15 is 0 Å². The van der Waals surface area contributed by atoms with Crippen LogP contribution in [0.15, 0.2) is 18.2 Å². The van der Waals surface area contributed by atoms with Crippen LogP contribution in [-0.2, 0) is 19.3 Å². The van der Waals surface area contributed by atoms with E-state index in [-0.39, 0.29) is 0 Å². The molecule has 0 fully saturated rings. The summed E-state index contributed by atoms with van der Waals surface area (Å²) in [6.07, 6.45) is 4.21. The first-order chi connectivity index (χ1) is 7.73. The highest BCUT2D eigenvalue weighted by Gasteiger charge is 2.38. The van der Waals surface area contributed by atoms with Crippen molar-refractivity contribution in [1.29, 1.82) is 0 Å². The third-order valence-electron chi connectivity index (χ3n) is 2.95. The van der Waals surface area contributed by atoms with Gasteiger partial charge in [-0.2, -0.15) is 0 Å². The highest BCUT2D eigenvalue weighted by Crippen LogP contribution is 2.26. The molecule has 4 heteroatoms. The summed E-state index contributed by atoms with van der Waals surface area (Å²) >= 11 is 0. The lowest BCUT2D eigenvalue weighted by Crippen LogP contribution is -2.45. The molecule has 1 aromatic carbocycles. The van der Waals surface area contributed by atoms with Crippen LogP contribution in [0.5, 0.6) is 0 Å². The smallest absolute Gasteiger partial charge is 0.377 e. The lowest BCUT2D eigenvalue weighted by atomic mass is 9.96. The van der Waals surface area contributed by atoms with Gasteiger partial charge in [-0.15, -0.1) is 0 Å². The molecule has 1 aliphatic rings. The molecular weight excluding hydrogens is 220 g/mol. The lowest BCUT2D eigenvalue weighted by Gasteiger charge is -2.25. The van der Waals surface area contributed by atoms with E-state index in [9.17, 15) is 0 Å². The topological polar surface area (TPSA) is 27.7 Å². The van der Waals surface area contributed by atoms with Crippen LogP contribution in [0.3, 0.4) is 0 Å². The van der Waals surface area contributed by atoms with Gasteiger partial charge < -0.3 is 13.3 Å². The molecule has 2 rings (SSSR count). The zero-order valence-electron chi connectivity index (χ0n) is 9.82. The zero-order valence-corrected chi connectivity index (χ0v) is 10.8. The highest BCUT2D eigenvalue weighted by atomic mass is 28.4. The van der Waals surface area contributed by atoms with Crippen molar-refractivity contribution < 1.29 is 13.3 Å². The fourth-order valence-corrected chi connectivity index (χ4v) is 3.48. The Kier molecular flexibility index (Phi) is 3.25. The fourth-order valence-electron chi connectivity index (χ4n) is 1.83. The Morgan fingerprint density at radius 2 is 1.56 bits per heavy atom. The van der Waals surface area contributed by atoms with Gasteiger partial charge >= 0.3 is 8.80 Å². The highest BCUT2D eigenvalue weighted by molar-refractivity contribution is 6.60. The lowest BCUT2D eigenvalue weighted by molar-refractivity contribution is 0.122. The summed E-state index contributed by atoms with van der Waals surface area (Å²) in [5.41, 5.74) is 3.77. The predicted octanol–water partition coefficient (Wildman–Crippen LogP) is 2.13. The Hall–Kier alpha value is -0.943. The summed E-state index contributed by atoms with van der Waals surface area (Å²) in [5, 5.41) is 0. The minimum atomic E-state index is -2.50. The van der Waals surface area contributed by atoms with Crippen molar-refractivity contribution in [3.8, 4) is 0 Å². The number of fused-ring (bicyclic) bond motifs is 1. The molecule has 0 radical (unpaired) electrons. The van der Waals surface area contributed by atoms with Gasteiger partial charge in [-0.3, -0.25) is 0 Å². The molecule has 86 valence electrons. The van der Waals surface area contributed by atoms with E-state index in [1.807, 2.05) is 0 Å². The molecule has 1 aliphatic carbocycles. The Morgan fingerprint density at radius 1 is 0.938 bits per heavy atom. The third kappa shape index (κ3) is 1.97. The summed E-state index contributed by atoms with van der Waals surface area (Å²) in [6, 6.07) is 7.08. The molecule has 1 aromatic rings. The van der Waals surface area contributed by atoms with E-state index < -0.39 is 8.80 Å². The van der Waals surface area contributed by atoms with E-state index in [1.54, 1.807) is 21.3 Å². The van der Waals surface area contributed by atoms with Crippen LogP contribution in [0.2, 0.25) is 0 Å². The van der Waals surface area contributed by atoms with Gasteiger partial charge in [0.1, 0.15) is 0 Å². The van der Waals surface area contributed by atoms with Crippen molar-refractivity contribution in [2.45, 2.75) is 6.04 Å². The van der Waals surface area contributed by atoms with Crippen LogP contribution < -0.4 is 0 Å². The summed E-state index contributed by atoms with van der Waals surface area (Å²) < 4.78 is 16.2. The Bertz CT molecular complexity index is 402. The first-order valence-electron chi connectivity index (χ1n) is 5.19. The van der Waals surface area contributed by atoms with E-state index in [1.165, 1.54) is 16.7 Å². The minimum Gasteiger partial charge on any atom is -0.377 e. The van der Waals surface area contributed by atoms with Crippen LogP contribution >= 0.6 is 0 Å². The normalized spacial score (nSPS) is 13.4. The van der Waals surface area contributed by atoms with Crippen molar-refractivity contribution in [3.63, 3.8) is 0 Å². The van der Waals surface area contributed by atoms with Crippen LogP contribution in [0, 0.1) is 0 Å². The quantitative estimate of drug-likeness (QED) is 0.744. The van der Waals surface area contributed by atoms with Gasteiger partial charge in [0.25, 0.3) is 0 Å². The molecule has 0 saturated heterocycles. The van der Waals surface area contributed by atoms with Gasteiger partial charge in [-0.25, -0.2) is 0 Å². The second kappa shape index (κ2) is 4.51.